The molecule has 5 nitrogen and oxygen atoms in total. The van der Waals surface area contributed by atoms with Crippen molar-refractivity contribution in [3.8, 4) is 11.5 Å². The first kappa shape index (κ1) is 11.7. The molecule has 5 heteroatoms. The molecule has 0 bridgehead atoms. The molecule has 1 N–H and O–H groups in total. The van der Waals surface area contributed by atoms with Crippen molar-refractivity contribution in [2.45, 2.75) is 6.54 Å². The second kappa shape index (κ2) is 5.05. The molecule has 0 spiro atoms. The number of carbonyl (C=O) groups excluding carboxylic acids is 1. The van der Waals surface area contributed by atoms with E-state index in [9.17, 15) is 4.79 Å². The molecule has 1 heterocycles. The average Bonchev–Trinajstić information content (AvgIpc) is 2.75. The summed E-state index contributed by atoms with van der Waals surface area (Å²) in [7, 11) is 3.48. The smallest absolute Gasteiger partial charge is 0.236 e. The molecule has 0 saturated carbocycles. The summed E-state index contributed by atoms with van der Waals surface area (Å²) in [6.07, 6.45) is 0. The lowest BCUT2D eigenvalue weighted by molar-refractivity contribution is -0.127. The minimum absolute atomic E-state index is 0.0609. The summed E-state index contributed by atoms with van der Waals surface area (Å²) in [5.74, 6) is 1.60. The van der Waals surface area contributed by atoms with Gasteiger partial charge in [-0.1, -0.05) is 6.07 Å². The van der Waals surface area contributed by atoms with Gasteiger partial charge in [0.05, 0.1) is 6.54 Å². The van der Waals surface area contributed by atoms with Crippen LogP contribution in [0.1, 0.15) is 5.56 Å². The van der Waals surface area contributed by atoms with Crippen LogP contribution in [-0.4, -0.2) is 38.2 Å². The molecule has 1 aromatic rings. The fourth-order valence-corrected chi connectivity index (χ4v) is 1.52. The Morgan fingerprint density at radius 1 is 1.35 bits per heavy atom. The van der Waals surface area contributed by atoms with Gasteiger partial charge in [-0.25, -0.2) is 0 Å². The van der Waals surface area contributed by atoms with E-state index in [-0.39, 0.29) is 12.7 Å². The first-order chi connectivity index (χ1) is 8.16. The summed E-state index contributed by atoms with van der Waals surface area (Å²) < 4.78 is 10.5. The number of nitrogens with zero attached hydrogens (tertiary/aromatic N) is 1. The highest BCUT2D eigenvalue weighted by atomic mass is 16.7. The molecule has 1 aliphatic rings. The number of ether oxygens (including phenoxy) is 2. The number of rotatable bonds is 4. The number of benzene rings is 1. The second-order valence-electron chi connectivity index (χ2n) is 4.08. The molecule has 0 aliphatic carbocycles. The molecule has 2 rings (SSSR count). The topological polar surface area (TPSA) is 50.8 Å². The molecular weight excluding hydrogens is 220 g/mol. The van der Waals surface area contributed by atoms with Crippen LogP contribution < -0.4 is 14.8 Å². The van der Waals surface area contributed by atoms with Crippen LogP contribution in [-0.2, 0) is 11.3 Å². The Morgan fingerprint density at radius 3 is 2.88 bits per heavy atom. The highest BCUT2D eigenvalue weighted by molar-refractivity contribution is 5.77. The van der Waals surface area contributed by atoms with Crippen LogP contribution in [0.4, 0.5) is 0 Å². The monoisotopic (exact) mass is 236 g/mol. The molecule has 0 radical (unpaired) electrons. The maximum Gasteiger partial charge on any atom is 0.236 e. The SMILES string of the molecule is CN(C)C(=O)CNCc1ccc2c(c1)OCO2. The zero-order valence-electron chi connectivity index (χ0n) is 10.0. The Bertz CT molecular complexity index is 418. The van der Waals surface area contributed by atoms with E-state index in [1.807, 2.05) is 18.2 Å². The summed E-state index contributed by atoms with van der Waals surface area (Å²) >= 11 is 0. The zero-order chi connectivity index (χ0) is 12.3. The van der Waals surface area contributed by atoms with E-state index in [2.05, 4.69) is 5.32 Å². The van der Waals surface area contributed by atoms with E-state index in [1.54, 1.807) is 19.0 Å². The molecule has 1 amide bonds. The molecule has 0 aromatic heterocycles. The number of nitrogens with one attached hydrogen (secondary N) is 1. The first-order valence-corrected chi connectivity index (χ1v) is 5.46. The van der Waals surface area contributed by atoms with Gasteiger partial charge in [-0.15, -0.1) is 0 Å². The predicted molar refractivity (Wildman–Crippen MR) is 63.0 cm³/mol. The van der Waals surface area contributed by atoms with Crippen LogP contribution in [0.5, 0.6) is 11.5 Å². The lowest BCUT2D eigenvalue weighted by Gasteiger charge is -2.11. The summed E-state index contributed by atoms with van der Waals surface area (Å²) in [4.78, 5) is 12.9. The molecule has 0 unspecified atom stereocenters. The first-order valence-electron chi connectivity index (χ1n) is 5.46. The molecule has 92 valence electrons. The van der Waals surface area contributed by atoms with E-state index in [0.29, 0.717) is 13.1 Å². The van der Waals surface area contributed by atoms with Crippen molar-refractivity contribution in [2.24, 2.45) is 0 Å². The Kier molecular flexibility index (Phi) is 3.49. The Balaban J connectivity index is 1.85. The summed E-state index contributed by atoms with van der Waals surface area (Å²) in [6, 6.07) is 5.77. The standard InChI is InChI=1S/C12H16N2O3/c1-14(2)12(15)7-13-6-9-3-4-10-11(5-9)17-8-16-10/h3-5,13H,6-8H2,1-2H3. The van der Waals surface area contributed by atoms with Gasteiger partial charge < -0.3 is 19.7 Å². The van der Waals surface area contributed by atoms with Crippen molar-refractivity contribution >= 4 is 5.91 Å². The van der Waals surface area contributed by atoms with Gasteiger partial charge in [-0.05, 0) is 17.7 Å². The second-order valence-corrected chi connectivity index (χ2v) is 4.08. The van der Waals surface area contributed by atoms with Crippen LogP contribution in [0.25, 0.3) is 0 Å². The number of amides is 1. The third kappa shape index (κ3) is 2.88. The third-order valence-electron chi connectivity index (χ3n) is 2.54. The average molecular weight is 236 g/mol. The van der Waals surface area contributed by atoms with Gasteiger partial charge in [0, 0.05) is 20.6 Å². The number of hydrogen-bond acceptors (Lipinski definition) is 4. The van der Waals surface area contributed by atoms with Crippen molar-refractivity contribution in [1.82, 2.24) is 10.2 Å². The van der Waals surface area contributed by atoms with Gasteiger partial charge in [0.25, 0.3) is 0 Å². The Morgan fingerprint density at radius 2 is 2.12 bits per heavy atom. The largest absolute Gasteiger partial charge is 0.454 e. The van der Waals surface area contributed by atoms with Crippen LogP contribution in [0.3, 0.4) is 0 Å². The van der Waals surface area contributed by atoms with E-state index in [0.717, 1.165) is 17.1 Å². The fourth-order valence-electron chi connectivity index (χ4n) is 1.52. The van der Waals surface area contributed by atoms with Crippen LogP contribution in [0, 0.1) is 0 Å². The van der Waals surface area contributed by atoms with Crippen LogP contribution >= 0.6 is 0 Å². The van der Waals surface area contributed by atoms with Gasteiger partial charge in [0.1, 0.15) is 0 Å². The molecule has 0 saturated heterocycles. The summed E-state index contributed by atoms with van der Waals surface area (Å²) in [5.41, 5.74) is 1.07. The van der Waals surface area contributed by atoms with Crippen LogP contribution in [0.15, 0.2) is 18.2 Å². The van der Waals surface area contributed by atoms with E-state index in [1.165, 1.54) is 0 Å². The van der Waals surface area contributed by atoms with Crippen molar-refractivity contribution in [2.75, 3.05) is 27.4 Å². The quantitative estimate of drug-likeness (QED) is 0.831. The lowest BCUT2D eigenvalue weighted by Crippen LogP contribution is -2.32. The van der Waals surface area contributed by atoms with Crippen molar-refractivity contribution < 1.29 is 14.3 Å². The Labute approximate surface area is 100 Å². The van der Waals surface area contributed by atoms with Crippen molar-refractivity contribution in [3.05, 3.63) is 23.8 Å². The van der Waals surface area contributed by atoms with Gasteiger partial charge in [0.15, 0.2) is 11.5 Å². The zero-order valence-corrected chi connectivity index (χ0v) is 10.0. The number of fused-ring (bicyclic) bond motifs is 1. The predicted octanol–water partition coefficient (Wildman–Crippen LogP) is 0.593. The summed E-state index contributed by atoms with van der Waals surface area (Å²) in [5, 5.41) is 3.09. The normalized spacial score (nSPS) is 12.6. The molecule has 17 heavy (non-hydrogen) atoms. The molecule has 1 aromatic carbocycles. The van der Waals surface area contributed by atoms with Gasteiger partial charge in [-0.3, -0.25) is 4.79 Å². The molecule has 0 atom stereocenters. The molecular formula is C12H16N2O3. The molecule has 0 fully saturated rings. The minimum Gasteiger partial charge on any atom is -0.454 e. The van der Waals surface area contributed by atoms with Crippen molar-refractivity contribution in [3.63, 3.8) is 0 Å². The van der Waals surface area contributed by atoms with Gasteiger partial charge >= 0.3 is 0 Å². The van der Waals surface area contributed by atoms with Crippen molar-refractivity contribution in [1.29, 1.82) is 0 Å². The molecule has 1 aliphatic heterocycles. The number of carbonyl (C=O) groups is 1. The maximum atomic E-state index is 11.3. The maximum absolute atomic E-state index is 11.3. The van der Waals surface area contributed by atoms with E-state index in [4.69, 9.17) is 9.47 Å². The number of hydrogen-bond donors (Lipinski definition) is 1. The highest BCUT2D eigenvalue weighted by Crippen LogP contribution is 2.32. The third-order valence-corrected chi connectivity index (χ3v) is 2.54. The Hall–Kier alpha value is -1.75. The lowest BCUT2D eigenvalue weighted by atomic mass is 10.2. The fraction of sp³-hybridized carbons (Fsp3) is 0.417. The summed E-state index contributed by atoms with van der Waals surface area (Å²) in [6.45, 7) is 1.25. The van der Waals surface area contributed by atoms with Crippen LogP contribution in [0.2, 0.25) is 0 Å². The van der Waals surface area contributed by atoms with E-state index >= 15 is 0 Å². The van der Waals surface area contributed by atoms with Gasteiger partial charge in [-0.2, -0.15) is 0 Å². The minimum atomic E-state index is 0.0609. The van der Waals surface area contributed by atoms with E-state index < -0.39 is 0 Å². The number of likely N-dealkylation sites (N-methyl/N-ethyl adjacent to an activating group) is 1. The highest BCUT2D eigenvalue weighted by Gasteiger charge is 2.13. The van der Waals surface area contributed by atoms with Gasteiger partial charge in [0.2, 0.25) is 12.7 Å².